The Labute approximate surface area is 115 Å². The van der Waals surface area contributed by atoms with Crippen molar-refractivity contribution >= 4 is 5.65 Å². The van der Waals surface area contributed by atoms with Gasteiger partial charge in [0.1, 0.15) is 5.75 Å². The summed E-state index contributed by atoms with van der Waals surface area (Å²) in [7, 11) is 0. The fraction of sp³-hybridized carbons (Fsp3) is 0.133. The first kappa shape index (κ1) is 11.0. The maximum atomic E-state index is 8.90. The Balaban J connectivity index is 1.76. The van der Waals surface area contributed by atoms with Gasteiger partial charge in [-0.1, -0.05) is 18.2 Å². The molecule has 1 aliphatic heterocycles. The number of rotatable bonds is 1. The van der Waals surface area contributed by atoms with Crippen molar-refractivity contribution in [3.8, 4) is 11.8 Å². The molecule has 0 aliphatic carbocycles. The van der Waals surface area contributed by atoms with Gasteiger partial charge in [-0.15, -0.1) is 10.2 Å². The Morgan fingerprint density at radius 3 is 3.00 bits per heavy atom. The molecule has 4 rings (SSSR count). The Morgan fingerprint density at radius 2 is 2.15 bits per heavy atom. The van der Waals surface area contributed by atoms with E-state index >= 15 is 0 Å². The zero-order valence-corrected chi connectivity index (χ0v) is 10.5. The quantitative estimate of drug-likeness (QED) is 0.675. The van der Waals surface area contributed by atoms with Gasteiger partial charge in [0.25, 0.3) is 0 Å². The highest BCUT2D eigenvalue weighted by molar-refractivity contribution is 5.46. The number of fused-ring (bicyclic) bond motifs is 2. The van der Waals surface area contributed by atoms with E-state index in [2.05, 4.69) is 22.3 Å². The second-order valence-corrected chi connectivity index (χ2v) is 4.73. The topological polar surface area (TPSA) is 63.2 Å². The maximum Gasteiger partial charge on any atom is 0.178 e. The van der Waals surface area contributed by atoms with Crippen molar-refractivity contribution in [2.75, 3.05) is 0 Å². The van der Waals surface area contributed by atoms with E-state index in [0.29, 0.717) is 11.2 Å². The number of hydrogen-bond donors (Lipinski definition) is 0. The molecule has 0 saturated heterocycles. The predicted octanol–water partition coefficient (Wildman–Crippen LogP) is 2.28. The average Bonchev–Trinajstić information content (AvgIpc) is 3.09. The van der Waals surface area contributed by atoms with E-state index in [9.17, 15) is 0 Å². The zero-order valence-electron chi connectivity index (χ0n) is 10.5. The van der Waals surface area contributed by atoms with Crippen molar-refractivity contribution in [2.24, 2.45) is 0 Å². The van der Waals surface area contributed by atoms with Gasteiger partial charge in [-0.3, -0.25) is 4.40 Å². The summed E-state index contributed by atoms with van der Waals surface area (Å²) in [4.78, 5) is 0. The molecule has 0 bridgehead atoms. The molecule has 0 amide bonds. The number of benzene rings is 1. The summed E-state index contributed by atoms with van der Waals surface area (Å²) in [5.41, 5.74) is 2.42. The third-order valence-electron chi connectivity index (χ3n) is 3.50. The molecule has 1 aromatic carbocycles. The third-order valence-corrected chi connectivity index (χ3v) is 3.50. The van der Waals surface area contributed by atoms with Gasteiger partial charge in [0, 0.05) is 18.7 Å². The first-order chi connectivity index (χ1) is 9.85. The Kier molecular flexibility index (Phi) is 2.24. The standard InChI is InChI=1S/C15H10N4O/c16-9-10-5-6-19-14(7-10)17-18-15(19)13-8-11-3-1-2-4-12(11)20-13/h1-7,13H,8H2. The molecule has 20 heavy (non-hydrogen) atoms. The van der Waals surface area contributed by atoms with E-state index in [1.165, 1.54) is 5.56 Å². The highest BCUT2D eigenvalue weighted by atomic mass is 16.5. The molecule has 5 heteroatoms. The van der Waals surface area contributed by atoms with Crippen LogP contribution in [0.2, 0.25) is 0 Å². The van der Waals surface area contributed by atoms with Gasteiger partial charge < -0.3 is 4.74 Å². The van der Waals surface area contributed by atoms with E-state index < -0.39 is 0 Å². The maximum absolute atomic E-state index is 8.90. The molecule has 0 N–H and O–H groups in total. The van der Waals surface area contributed by atoms with Crippen LogP contribution >= 0.6 is 0 Å². The molecule has 1 aliphatic rings. The normalized spacial score (nSPS) is 16.6. The molecule has 5 nitrogen and oxygen atoms in total. The van der Waals surface area contributed by atoms with Crippen LogP contribution in [-0.4, -0.2) is 14.6 Å². The van der Waals surface area contributed by atoms with Gasteiger partial charge in [0.15, 0.2) is 17.6 Å². The summed E-state index contributed by atoms with van der Waals surface area (Å²) in [6, 6.07) is 13.6. The van der Waals surface area contributed by atoms with E-state index in [1.807, 2.05) is 28.8 Å². The molecule has 1 unspecified atom stereocenters. The number of nitriles is 1. The second-order valence-electron chi connectivity index (χ2n) is 4.73. The SMILES string of the molecule is N#Cc1ccn2c(C3Cc4ccccc4O3)nnc2c1. The number of para-hydroxylation sites is 1. The van der Waals surface area contributed by atoms with E-state index in [-0.39, 0.29) is 6.10 Å². The summed E-state index contributed by atoms with van der Waals surface area (Å²) < 4.78 is 7.80. The summed E-state index contributed by atoms with van der Waals surface area (Å²) >= 11 is 0. The molecule has 0 fully saturated rings. The number of aromatic nitrogens is 3. The van der Waals surface area contributed by atoms with Gasteiger partial charge in [0.05, 0.1) is 11.6 Å². The van der Waals surface area contributed by atoms with E-state index in [0.717, 1.165) is 18.0 Å². The monoisotopic (exact) mass is 262 g/mol. The molecule has 0 spiro atoms. The lowest BCUT2D eigenvalue weighted by atomic mass is 10.1. The van der Waals surface area contributed by atoms with Crippen molar-refractivity contribution < 1.29 is 4.74 Å². The van der Waals surface area contributed by atoms with E-state index in [1.54, 1.807) is 12.1 Å². The lowest BCUT2D eigenvalue weighted by Crippen LogP contribution is -2.08. The third kappa shape index (κ3) is 1.55. The fourth-order valence-electron chi connectivity index (χ4n) is 2.52. The Hall–Kier alpha value is -2.87. The Morgan fingerprint density at radius 1 is 1.25 bits per heavy atom. The minimum atomic E-state index is -0.129. The summed E-state index contributed by atoms with van der Waals surface area (Å²) in [6.07, 6.45) is 2.47. The van der Waals surface area contributed by atoms with Gasteiger partial charge in [0.2, 0.25) is 0 Å². The summed E-state index contributed by atoms with van der Waals surface area (Å²) in [5.74, 6) is 1.67. The number of pyridine rings is 1. The molecule has 96 valence electrons. The lowest BCUT2D eigenvalue weighted by Gasteiger charge is -2.08. The van der Waals surface area contributed by atoms with Crippen molar-refractivity contribution in [3.05, 3.63) is 59.5 Å². The molecular formula is C15H10N4O. The van der Waals surface area contributed by atoms with Crippen molar-refractivity contribution in [1.82, 2.24) is 14.6 Å². The highest BCUT2D eigenvalue weighted by Gasteiger charge is 2.27. The molecule has 3 aromatic rings. The first-order valence-electron chi connectivity index (χ1n) is 6.34. The molecule has 0 radical (unpaired) electrons. The largest absolute Gasteiger partial charge is 0.482 e. The molecular weight excluding hydrogens is 252 g/mol. The molecule has 2 aromatic heterocycles. The lowest BCUT2D eigenvalue weighted by molar-refractivity contribution is 0.226. The predicted molar refractivity (Wildman–Crippen MR) is 71.2 cm³/mol. The summed E-state index contributed by atoms with van der Waals surface area (Å²) in [6.45, 7) is 0. The molecule has 3 heterocycles. The second kappa shape index (κ2) is 4.07. The van der Waals surface area contributed by atoms with Crippen LogP contribution in [0.4, 0.5) is 0 Å². The smallest absolute Gasteiger partial charge is 0.178 e. The van der Waals surface area contributed by atoms with Crippen molar-refractivity contribution in [3.63, 3.8) is 0 Å². The first-order valence-corrected chi connectivity index (χ1v) is 6.34. The van der Waals surface area contributed by atoms with Crippen LogP contribution in [-0.2, 0) is 6.42 Å². The van der Waals surface area contributed by atoms with Crippen LogP contribution in [0.15, 0.2) is 42.6 Å². The van der Waals surface area contributed by atoms with Gasteiger partial charge in [-0.2, -0.15) is 5.26 Å². The molecule has 1 atom stereocenters. The molecule has 0 saturated carbocycles. The summed E-state index contributed by atoms with van der Waals surface area (Å²) in [5, 5.41) is 17.2. The van der Waals surface area contributed by atoms with Gasteiger partial charge in [-0.05, 0) is 17.7 Å². The number of nitrogens with zero attached hydrogens (tertiary/aromatic N) is 4. The Bertz CT molecular complexity index is 821. The minimum Gasteiger partial charge on any atom is -0.482 e. The van der Waals surface area contributed by atoms with Crippen LogP contribution < -0.4 is 4.74 Å². The van der Waals surface area contributed by atoms with Crippen molar-refractivity contribution in [2.45, 2.75) is 12.5 Å². The van der Waals surface area contributed by atoms with Crippen LogP contribution in [0.1, 0.15) is 23.1 Å². The van der Waals surface area contributed by atoms with Gasteiger partial charge in [-0.25, -0.2) is 0 Å². The number of ether oxygens (including phenoxy) is 1. The zero-order chi connectivity index (χ0) is 13.5. The van der Waals surface area contributed by atoms with Crippen LogP contribution in [0, 0.1) is 11.3 Å². The number of hydrogen-bond acceptors (Lipinski definition) is 4. The van der Waals surface area contributed by atoms with Crippen LogP contribution in [0.3, 0.4) is 0 Å². The highest BCUT2D eigenvalue weighted by Crippen LogP contribution is 2.35. The van der Waals surface area contributed by atoms with Crippen LogP contribution in [0.5, 0.6) is 5.75 Å². The van der Waals surface area contributed by atoms with Crippen LogP contribution in [0.25, 0.3) is 5.65 Å². The minimum absolute atomic E-state index is 0.129. The average molecular weight is 262 g/mol. The van der Waals surface area contributed by atoms with E-state index in [4.69, 9.17) is 10.00 Å². The fourth-order valence-corrected chi connectivity index (χ4v) is 2.52. The van der Waals surface area contributed by atoms with Crippen molar-refractivity contribution in [1.29, 1.82) is 5.26 Å². The van der Waals surface area contributed by atoms with Gasteiger partial charge >= 0.3 is 0 Å².